The van der Waals surface area contributed by atoms with E-state index in [2.05, 4.69) is 37.7 Å². The van der Waals surface area contributed by atoms with Gasteiger partial charge in [-0.25, -0.2) is 4.98 Å². The maximum absolute atomic E-state index is 12.3. The Morgan fingerprint density at radius 1 is 1.33 bits per heavy atom. The zero-order valence-electron chi connectivity index (χ0n) is 13.0. The lowest BCUT2D eigenvalue weighted by atomic mass is 10.1. The summed E-state index contributed by atoms with van der Waals surface area (Å²) in [4.78, 5) is 32.0. The number of aromatic amines is 1. The fraction of sp³-hybridized carbons (Fsp3) is 0.643. The summed E-state index contributed by atoms with van der Waals surface area (Å²) in [6, 6.07) is 1.22. The summed E-state index contributed by atoms with van der Waals surface area (Å²) in [5.74, 6) is 1.29. The monoisotopic (exact) mass is 312 g/mol. The van der Waals surface area contributed by atoms with Crippen molar-refractivity contribution in [2.45, 2.75) is 32.9 Å². The summed E-state index contributed by atoms with van der Waals surface area (Å²) in [5, 5.41) is 0.377. The Bertz CT molecular complexity index is 518. The van der Waals surface area contributed by atoms with Gasteiger partial charge in [0.2, 0.25) is 5.91 Å². The Hall–Kier alpha value is -1.50. The van der Waals surface area contributed by atoms with Crippen LogP contribution in [0.3, 0.4) is 0 Å². The van der Waals surface area contributed by atoms with Crippen molar-refractivity contribution in [2.24, 2.45) is 11.8 Å². The highest BCUT2D eigenvalue weighted by atomic mass is 32.2. The fourth-order valence-corrected chi connectivity index (χ4v) is 2.69. The van der Waals surface area contributed by atoms with Gasteiger partial charge in [0.05, 0.1) is 5.75 Å². The van der Waals surface area contributed by atoms with Crippen molar-refractivity contribution in [2.75, 3.05) is 24.6 Å². The summed E-state index contributed by atoms with van der Waals surface area (Å²) >= 11 is 1.20. The van der Waals surface area contributed by atoms with Crippen molar-refractivity contribution in [3.05, 3.63) is 16.4 Å². The van der Waals surface area contributed by atoms with E-state index >= 15 is 0 Å². The number of carbonyl (C=O) groups excluding carboxylic acids is 1. The number of H-pyrrole nitrogens is 1. The SMILES string of the molecule is CC(C)CN(CC(C)C)C(=O)CSc1nc(N)cc(=O)[nH]1. The Morgan fingerprint density at radius 2 is 1.90 bits per heavy atom. The molecule has 1 rings (SSSR count). The zero-order chi connectivity index (χ0) is 16.0. The first-order valence-electron chi connectivity index (χ1n) is 7.05. The van der Waals surface area contributed by atoms with E-state index in [4.69, 9.17) is 5.73 Å². The molecule has 0 aliphatic rings. The van der Waals surface area contributed by atoms with Gasteiger partial charge in [-0.05, 0) is 11.8 Å². The van der Waals surface area contributed by atoms with E-state index in [-0.39, 0.29) is 23.0 Å². The van der Waals surface area contributed by atoms with Crippen LogP contribution in [-0.2, 0) is 4.79 Å². The van der Waals surface area contributed by atoms with Crippen LogP contribution >= 0.6 is 11.8 Å². The van der Waals surface area contributed by atoms with Crippen LogP contribution < -0.4 is 11.3 Å². The summed E-state index contributed by atoms with van der Waals surface area (Å²) in [6.07, 6.45) is 0. The molecule has 1 aromatic rings. The molecule has 118 valence electrons. The number of hydrogen-bond donors (Lipinski definition) is 2. The highest BCUT2D eigenvalue weighted by molar-refractivity contribution is 7.99. The molecule has 0 saturated heterocycles. The molecule has 0 bridgehead atoms. The molecule has 0 aliphatic heterocycles. The molecule has 1 aromatic heterocycles. The third kappa shape index (κ3) is 6.66. The number of carbonyl (C=O) groups is 1. The number of nitrogens with one attached hydrogen (secondary N) is 1. The molecule has 0 atom stereocenters. The molecule has 0 radical (unpaired) electrons. The summed E-state index contributed by atoms with van der Waals surface area (Å²) < 4.78 is 0. The average molecular weight is 312 g/mol. The van der Waals surface area contributed by atoms with Crippen molar-refractivity contribution in [3.63, 3.8) is 0 Å². The Labute approximate surface area is 129 Å². The van der Waals surface area contributed by atoms with E-state index in [1.807, 2.05) is 4.90 Å². The number of amides is 1. The van der Waals surface area contributed by atoms with E-state index in [0.29, 0.717) is 17.0 Å². The van der Waals surface area contributed by atoms with Gasteiger partial charge in [0.1, 0.15) is 5.82 Å². The van der Waals surface area contributed by atoms with E-state index in [1.54, 1.807) is 0 Å². The van der Waals surface area contributed by atoms with E-state index < -0.39 is 0 Å². The van der Waals surface area contributed by atoms with Crippen LogP contribution in [-0.4, -0.2) is 39.6 Å². The lowest BCUT2D eigenvalue weighted by Gasteiger charge is -2.26. The van der Waals surface area contributed by atoms with Crippen LogP contribution in [0.1, 0.15) is 27.7 Å². The topological polar surface area (TPSA) is 92.1 Å². The largest absolute Gasteiger partial charge is 0.383 e. The van der Waals surface area contributed by atoms with Crippen molar-refractivity contribution in [1.29, 1.82) is 0 Å². The van der Waals surface area contributed by atoms with Gasteiger partial charge in [-0.1, -0.05) is 39.5 Å². The zero-order valence-corrected chi connectivity index (χ0v) is 13.9. The molecule has 21 heavy (non-hydrogen) atoms. The van der Waals surface area contributed by atoms with Gasteiger partial charge in [-0.15, -0.1) is 0 Å². The molecule has 0 fully saturated rings. The fourth-order valence-electron chi connectivity index (χ4n) is 1.90. The predicted molar refractivity (Wildman–Crippen MR) is 86.3 cm³/mol. The molecule has 0 aromatic carbocycles. The number of aromatic nitrogens is 2. The normalized spacial score (nSPS) is 11.1. The highest BCUT2D eigenvalue weighted by Gasteiger charge is 2.17. The average Bonchev–Trinajstić information content (AvgIpc) is 2.32. The standard InChI is InChI=1S/C14H24N4O2S/c1-9(2)6-18(7-10(3)4)13(20)8-21-14-16-11(15)5-12(19)17-14/h5,9-10H,6-8H2,1-4H3,(H3,15,16,17,19). The van der Waals surface area contributed by atoms with Gasteiger partial charge in [-0.2, -0.15) is 0 Å². The maximum atomic E-state index is 12.3. The molecule has 6 nitrogen and oxygen atoms in total. The first-order chi connectivity index (χ1) is 9.77. The van der Waals surface area contributed by atoms with Gasteiger partial charge in [0, 0.05) is 19.2 Å². The van der Waals surface area contributed by atoms with Crippen molar-refractivity contribution in [1.82, 2.24) is 14.9 Å². The number of nitrogen functional groups attached to an aromatic ring is 1. The molecule has 1 amide bonds. The second kappa shape index (κ2) is 8.07. The van der Waals surface area contributed by atoms with Gasteiger partial charge in [0.15, 0.2) is 5.16 Å². The van der Waals surface area contributed by atoms with Crippen LogP contribution in [0.15, 0.2) is 16.0 Å². The Kier molecular flexibility index (Phi) is 6.74. The van der Waals surface area contributed by atoms with Crippen LogP contribution in [0.5, 0.6) is 0 Å². The smallest absolute Gasteiger partial charge is 0.253 e. The molecule has 0 spiro atoms. The Morgan fingerprint density at radius 3 is 2.38 bits per heavy atom. The van der Waals surface area contributed by atoms with Crippen molar-refractivity contribution < 1.29 is 4.79 Å². The molecule has 0 aliphatic carbocycles. The maximum Gasteiger partial charge on any atom is 0.253 e. The van der Waals surface area contributed by atoms with E-state index in [1.165, 1.54) is 17.8 Å². The van der Waals surface area contributed by atoms with Crippen LogP contribution in [0.4, 0.5) is 5.82 Å². The molecule has 7 heteroatoms. The van der Waals surface area contributed by atoms with Gasteiger partial charge < -0.3 is 15.6 Å². The minimum atomic E-state index is -0.307. The number of nitrogens with two attached hydrogens (primary N) is 1. The molecule has 3 N–H and O–H groups in total. The number of rotatable bonds is 7. The summed E-state index contributed by atoms with van der Waals surface area (Å²) in [5.41, 5.74) is 5.21. The van der Waals surface area contributed by atoms with Crippen LogP contribution in [0.25, 0.3) is 0 Å². The first kappa shape index (κ1) is 17.6. The summed E-state index contributed by atoms with van der Waals surface area (Å²) in [6.45, 7) is 9.82. The number of nitrogens with zero attached hydrogens (tertiary/aromatic N) is 2. The number of hydrogen-bond acceptors (Lipinski definition) is 5. The van der Waals surface area contributed by atoms with Crippen molar-refractivity contribution >= 4 is 23.5 Å². The minimum absolute atomic E-state index is 0.0486. The van der Waals surface area contributed by atoms with Gasteiger partial charge in [0.25, 0.3) is 5.56 Å². The quantitative estimate of drug-likeness (QED) is 0.589. The molecular formula is C14H24N4O2S. The van der Waals surface area contributed by atoms with Gasteiger partial charge >= 0.3 is 0 Å². The highest BCUT2D eigenvalue weighted by Crippen LogP contribution is 2.14. The summed E-state index contributed by atoms with van der Waals surface area (Å²) in [7, 11) is 0. The minimum Gasteiger partial charge on any atom is -0.383 e. The molecular weight excluding hydrogens is 288 g/mol. The second-order valence-corrected chi connectivity index (χ2v) is 6.81. The lowest BCUT2D eigenvalue weighted by Crippen LogP contribution is -2.38. The molecule has 1 heterocycles. The third-order valence-corrected chi connectivity index (χ3v) is 3.45. The molecule has 0 unspecified atom stereocenters. The van der Waals surface area contributed by atoms with Crippen molar-refractivity contribution in [3.8, 4) is 0 Å². The number of anilines is 1. The number of thioether (sulfide) groups is 1. The van der Waals surface area contributed by atoms with Gasteiger partial charge in [-0.3, -0.25) is 9.59 Å². The third-order valence-electron chi connectivity index (χ3n) is 2.60. The van der Waals surface area contributed by atoms with E-state index in [9.17, 15) is 9.59 Å². The lowest BCUT2D eigenvalue weighted by molar-refractivity contribution is -0.129. The molecule has 0 saturated carbocycles. The Balaban J connectivity index is 2.66. The first-order valence-corrected chi connectivity index (χ1v) is 8.04. The van der Waals surface area contributed by atoms with Crippen LogP contribution in [0, 0.1) is 11.8 Å². The second-order valence-electron chi connectivity index (χ2n) is 5.85. The van der Waals surface area contributed by atoms with Crippen LogP contribution in [0.2, 0.25) is 0 Å². The van der Waals surface area contributed by atoms with E-state index in [0.717, 1.165) is 13.1 Å². The predicted octanol–water partition coefficient (Wildman–Crippen LogP) is 1.58.